The molecule has 0 aliphatic heterocycles. The standard InChI is InChI=1S/C17H25NO5/c1-5-10-23-18-9-7-6-8-12-13(19)11-16(2,3)17(4,14(12)20)15(21)22/h5,9,20H,1,6-8,10-11H2,2-4H3,(H,21,22). The highest BCUT2D eigenvalue weighted by Crippen LogP contribution is 2.51. The van der Waals surface area contributed by atoms with Gasteiger partial charge < -0.3 is 15.1 Å². The number of carbonyl (C=O) groups excluding carboxylic acids is 1. The summed E-state index contributed by atoms with van der Waals surface area (Å²) in [7, 11) is 0. The number of allylic oxidation sites excluding steroid dienone is 1. The van der Waals surface area contributed by atoms with Crippen LogP contribution in [0.15, 0.2) is 29.1 Å². The fourth-order valence-corrected chi connectivity index (χ4v) is 2.66. The van der Waals surface area contributed by atoms with Crippen molar-refractivity contribution in [1.29, 1.82) is 0 Å². The van der Waals surface area contributed by atoms with Gasteiger partial charge in [0.25, 0.3) is 0 Å². The Morgan fingerprint density at radius 3 is 2.65 bits per heavy atom. The Morgan fingerprint density at radius 2 is 2.09 bits per heavy atom. The maximum absolute atomic E-state index is 12.3. The summed E-state index contributed by atoms with van der Waals surface area (Å²) in [5.41, 5.74) is -2.09. The Hall–Kier alpha value is -2.11. The molecule has 0 saturated carbocycles. The van der Waals surface area contributed by atoms with E-state index in [4.69, 9.17) is 4.84 Å². The highest BCUT2D eigenvalue weighted by atomic mass is 16.6. The molecule has 0 aromatic carbocycles. The van der Waals surface area contributed by atoms with E-state index in [2.05, 4.69) is 11.7 Å². The first-order valence-corrected chi connectivity index (χ1v) is 7.62. The normalized spacial score (nSPS) is 24.0. The van der Waals surface area contributed by atoms with Gasteiger partial charge in [0.05, 0.1) is 0 Å². The molecule has 6 heteroatoms. The van der Waals surface area contributed by atoms with E-state index in [-0.39, 0.29) is 23.5 Å². The summed E-state index contributed by atoms with van der Waals surface area (Å²) >= 11 is 0. The Labute approximate surface area is 136 Å². The third-order valence-corrected chi connectivity index (χ3v) is 4.58. The van der Waals surface area contributed by atoms with Gasteiger partial charge in [-0.1, -0.05) is 31.7 Å². The number of ketones is 1. The van der Waals surface area contributed by atoms with E-state index in [0.717, 1.165) is 0 Å². The molecule has 23 heavy (non-hydrogen) atoms. The van der Waals surface area contributed by atoms with Crippen LogP contribution in [0.25, 0.3) is 0 Å². The maximum Gasteiger partial charge on any atom is 0.317 e. The Bertz CT molecular complexity index is 547. The van der Waals surface area contributed by atoms with Crippen LogP contribution < -0.4 is 0 Å². The largest absolute Gasteiger partial charge is 0.511 e. The van der Waals surface area contributed by atoms with E-state index >= 15 is 0 Å². The van der Waals surface area contributed by atoms with Crippen LogP contribution in [0.3, 0.4) is 0 Å². The number of aliphatic carboxylic acids is 1. The number of oxime groups is 1. The number of rotatable bonds is 8. The number of aliphatic hydroxyl groups is 1. The quantitative estimate of drug-likeness (QED) is 0.309. The first-order chi connectivity index (χ1) is 10.7. The van der Waals surface area contributed by atoms with E-state index in [1.807, 2.05) is 0 Å². The topological polar surface area (TPSA) is 96.2 Å². The highest BCUT2D eigenvalue weighted by molar-refractivity contribution is 6.00. The fourth-order valence-electron chi connectivity index (χ4n) is 2.66. The molecule has 0 saturated heterocycles. The highest BCUT2D eigenvalue weighted by Gasteiger charge is 2.56. The van der Waals surface area contributed by atoms with Crippen molar-refractivity contribution in [2.24, 2.45) is 16.0 Å². The van der Waals surface area contributed by atoms with Gasteiger partial charge in [-0.15, -0.1) is 0 Å². The van der Waals surface area contributed by atoms with Crippen LogP contribution in [0.4, 0.5) is 0 Å². The SMILES string of the molecule is C=CCON=CCCCC1=C(O)C(C)(C(=O)O)C(C)(C)CC1=O. The average Bonchev–Trinajstić information content (AvgIpc) is 2.46. The van der Waals surface area contributed by atoms with Gasteiger partial charge in [0.2, 0.25) is 0 Å². The number of carboxylic acid groups (broad SMARTS) is 1. The monoisotopic (exact) mass is 323 g/mol. The van der Waals surface area contributed by atoms with Gasteiger partial charge in [0.1, 0.15) is 17.8 Å². The lowest BCUT2D eigenvalue weighted by Crippen LogP contribution is -2.48. The first-order valence-electron chi connectivity index (χ1n) is 7.62. The van der Waals surface area contributed by atoms with Gasteiger partial charge >= 0.3 is 5.97 Å². The summed E-state index contributed by atoms with van der Waals surface area (Å²) in [6, 6.07) is 0. The molecule has 0 aromatic rings. The molecule has 6 nitrogen and oxygen atoms in total. The molecule has 1 unspecified atom stereocenters. The Balaban J connectivity index is 2.84. The van der Waals surface area contributed by atoms with Crippen LogP contribution in [0.1, 0.15) is 46.5 Å². The van der Waals surface area contributed by atoms with Crippen molar-refractivity contribution in [2.45, 2.75) is 46.5 Å². The Kier molecular flexibility index (Phi) is 6.12. The zero-order valence-electron chi connectivity index (χ0n) is 14.0. The van der Waals surface area contributed by atoms with Crippen LogP contribution in [-0.2, 0) is 14.4 Å². The van der Waals surface area contributed by atoms with Crippen LogP contribution in [-0.4, -0.2) is 34.8 Å². The molecule has 0 heterocycles. The second-order valence-electron chi connectivity index (χ2n) is 6.51. The summed E-state index contributed by atoms with van der Waals surface area (Å²) in [4.78, 5) is 28.8. The number of unbranched alkanes of at least 4 members (excludes halogenated alkanes) is 1. The number of hydrogen-bond donors (Lipinski definition) is 2. The van der Waals surface area contributed by atoms with Gasteiger partial charge in [-0.2, -0.15) is 0 Å². The molecule has 1 rings (SSSR count). The zero-order valence-corrected chi connectivity index (χ0v) is 14.0. The molecule has 0 fully saturated rings. The van der Waals surface area contributed by atoms with Crippen molar-refractivity contribution in [1.82, 2.24) is 0 Å². The summed E-state index contributed by atoms with van der Waals surface area (Å²) in [6.45, 7) is 8.67. The predicted molar refractivity (Wildman–Crippen MR) is 87.3 cm³/mol. The van der Waals surface area contributed by atoms with Gasteiger partial charge in [-0.05, 0) is 31.6 Å². The van der Waals surface area contributed by atoms with Crippen LogP contribution >= 0.6 is 0 Å². The third kappa shape index (κ3) is 3.81. The van der Waals surface area contributed by atoms with E-state index in [9.17, 15) is 19.8 Å². The van der Waals surface area contributed by atoms with Gasteiger partial charge in [0.15, 0.2) is 5.78 Å². The second kappa shape index (κ2) is 7.44. The third-order valence-electron chi connectivity index (χ3n) is 4.58. The number of Topliss-reactive ketones (excluding diaryl/α,β-unsaturated/α-hetero) is 1. The zero-order chi connectivity index (χ0) is 17.7. The van der Waals surface area contributed by atoms with Crippen molar-refractivity contribution >= 4 is 18.0 Å². The average molecular weight is 323 g/mol. The number of hydrogen-bond acceptors (Lipinski definition) is 5. The minimum atomic E-state index is -1.46. The van der Waals surface area contributed by atoms with Crippen molar-refractivity contribution in [3.05, 3.63) is 24.0 Å². The van der Waals surface area contributed by atoms with Gasteiger partial charge in [0, 0.05) is 18.2 Å². The number of nitrogens with zero attached hydrogens (tertiary/aromatic N) is 1. The lowest BCUT2D eigenvalue weighted by atomic mass is 9.58. The summed E-state index contributed by atoms with van der Waals surface area (Å²) < 4.78 is 0. The smallest absolute Gasteiger partial charge is 0.317 e. The maximum atomic E-state index is 12.3. The van der Waals surface area contributed by atoms with E-state index in [1.54, 1.807) is 26.1 Å². The lowest BCUT2D eigenvalue weighted by Gasteiger charge is -2.44. The van der Waals surface area contributed by atoms with Crippen molar-refractivity contribution in [2.75, 3.05) is 6.61 Å². The fraction of sp³-hybridized carbons (Fsp3) is 0.588. The van der Waals surface area contributed by atoms with E-state index < -0.39 is 16.8 Å². The molecule has 1 aliphatic carbocycles. The second-order valence-corrected chi connectivity index (χ2v) is 6.51. The summed E-state index contributed by atoms with van der Waals surface area (Å²) in [6.07, 6.45) is 4.71. The van der Waals surface area contributed by atoms with Crippen molar-refractivity contribution in [3.63, 3.8) is 0 Å². The number of aliphatic hydroxyl groups excluding tert-OH is 1. The predicted octanol–water partition coefficient (Wildman–Crippen LogP) is 3.25. The first kappa shape index (κ1) is 18.9. The molecule has 0 bridgehead atoms. The molecule has 2 N–H and O–H groups in total. The van der Waals surface area contributed by atoms with E-state index in [0.29, 0.717) is 25.9 Å². The van der Waals surface area contributed by atoms with E-state index in [1.165, 1.54) is 6.92 Å². The molecular formula is C17H25NO5. The minimum Gasteiger partial charge on any atom is -0.511 e. The number of carboxylic acids is 1. The van der Waals surface area contributed by atoms with Crippen molar-refractivity contribution < 1.29 is 24.6 Å². The number of carbonyl (C=O) groups is 2. The van der Waals surface area contributed by atoms with Gasteiger partial charge in [-0.3, -0.25) is 9.59 Å². The Morgan fingerprint density at radius 1 is 1.43 bits per heavy atom. The molecule has 128 valence electrons. The molecule has 0 radical (unpaired) electrons. The van der Waals surface area contributed by atoms with Crippen molar-refractivity contribution in [3.8, 4) is 0 Å². The van der Waals surface area contributed by atoms with Crippen LogP contribution in [0, 0.1) is 10.8 Å². The van der Waals surface area contributed by atoms with Gasteiger partial charge in [-0.25, -0.2) is 0 Å². The lowest BCUT2D eigenvalue weighted by molar-refractivity contribution is -0.156. The molecule has 0 spiro atoms. The molecule has 0 aromatic heterocycles. The molecule has 1 aliphatic rings. The molecule has 1 atom stereocenters. The minimum absolute atomic E-state index is 0.103. The molecular weight excluding hydrogens is 298 g/mol. The molecule has 0 amide bonds. The van der Waals surface area contributed by atoms with Crippen LogP contribution in [0.5, 0.6) is 0 Å². The van der Waals surface area contributed by atoms with Crippen LogP contribution in [0.2, 0.25) is 0 Å². The summed E-state index contributed by atoms with van der Waals surface area (Å²) in [5.74, 6) is -1.62. The summed E-state index contributed by atoms with van der Waals surface area (Å²) in [5, 5.41) is 23.7.